The van der Waals surface area contributed by atoms with Gasteiger partial charge in [-0.05, 0) is 108 Å². The van der Waals surface area contributed by atoms with Gasteiger partial charge in [0, 0.05) is 50.3 Å². The first kappa shape index (κ1) is 48.3. The number of nitrogens with zero attached hydrogens (tertiary/aromatic N) is 3. The Bertz CT molecular complexity index is 4800. The maximum Gasteiger partial charge on any atom is 0.252 e. The molecule has 0 saturated carbocycles. The van der Waals surface area contributed by atoms with Crippen molar-refractivity contribution in [3.63, 3.8) is 0 Å². The molecular weight excluding hydrogens is 1030 g/mol. The van der Waals surface area contributed by atoms with E-state index in [1.165, 1.54) is 126 Å². The molecular formula is C78H53B2N3Si. The monoisotopic (exact) mass is 1080 g/mol. The zero-order valence-electron chi connectivity index (χ0n) is 46.1. The second-order valence-corrected chi connectivity index (χ2v) is 26.3. The molecule has 6 heteroatoms. The van der Waals surface area contributed by atoms with Gasteiger partial charge in [0.1, 0.15) is 0 Å². The highest BCUT2D eigenvalue weighted by Gasteiger charge is 2.53. The van der Waals surface area contributed by atoms with Gasteiger partial charge in [-0.1, -0.05) is 278 Å². The van der Waals surface area contributed by atoms with Crippen LogP contribution in [0.2, 0.25) is 0 Å². The third kappa shape index (κ3) is 7.08. The molecule has 13 aromatic carbocycles. The van der Waals surface area contributed by atoms with Crippen LogP contribution in [0.4, 0.5) is 34.1 Å². The maximum atomic E-state index is 2.72. The zero-order chi connectivity index (χ0) is 55.3. The first-order valence-corrected chi connectivity index (χ1v) is 31.3. The summed E-state index contributed by atoms with van der Waals surface area (Å²) >= 11 is 0. The lowest BCUT2D eigenvalue weighted by atomic mass is 9.31. The van der Waals surface area contributed by atoms with Gasteiger partial charge >= 0.3 is 0 Å². The quantitative estimate of drug-likeness (QED) is 0.141. The second kappa shape index (κ2) is 19.4. The van der Waals surface area contributed by atoms with Crippen LogP contribution in [0.25, 0.3) is 49.7 Å². The minimum Gasteiger partial charge on any atom is -0.311 e. The summed E-state index contributed by atoms with van der Waals surface area (Å²) in [6.07, 6.45) is 0. The highest BCUT2D eigenvalue weighted by Crippen LogP contribution is 2.48. The van der Waals surface area contributed by atoms with Crippen LogP contribution in [0, 0.1) is 0 Å². The summed E-state index contributed by atoms with van der Waals surface area (Å²) in [5.41, 5.74) is 23.2. The van der Waals surface area contributed by atoms with Crippen molar-refractivity contribution in [1.82, 2.24) is 4.57 Å². The van der Waals surface area contributed by atoms with E-state index in [9.17, 15) is 0 Å². The first-order chi connectivity index (χ1) is 41.8. The Hall–Kier alpha value is -10.4. The zero-order valence-corrected chi connectivity index (χ0v) is 47.1. The fourth-order valence-electron chi connectivity index (χ4n) is 15.1. The Kier molecular flexibility index (Phi) is 11.1. The van der Waals surface area contributed by atoms with Crippen LogP contribution in [0.15, 0.2) is 322 Å². The third-order valence-corrected chi connectivity index (χ3v) is 23.3. The Labute approximate surface area is 491 Å². The highest BCUT2D eigenvalue weighted by atomic mass is 28.3. The predicted octanol–water partition coefficient (Wildman–Crippen LogP) is 12.4. The van der Waals surface area contributed by atoms with Crippen molar-refractivity contribution in [2.24, 2.45) is 0 Å². The molecule has 0 fully saturated rings. The first-order valence-electron chi connectivity index (χ1n) is 29.3. The average Bonchev–Trinajstić information content (AvgIpc) is 1.01. The molecule has 4 heterocycles. The molecule has 0 N–H and O–H groups in total. The van der Waals surface area contributed by atoms with Gasteiger partial charge in [0.05, 0.1) is 22.4 Å². The Balaban J connectivity index is 1.03. The van der Waals surface area contributed by atoms with E-state index in [1.807, 2.05) is 0 Å². The highest BCUT2D eigenvalue weighted by molar-refractivity contribution is 7.26. The Morgan fingerprint density at radius 2 is 0.667 bits per heavy atom. The van der Waals surface area contributed by atoms with Crippen LogP contribution in [0.1, 0.15) is 0 Å². The molecule has 84 heavy (non-hydrogen) atoms. The number of benzene rings is 13. The number of hydrogen-bond donors (Lipinski definition) is 0. The molecule has 14 aromatic rings. The van der Waals surface area contributed by atoms with E-state index in [1.54, 1.807) is 0 Å². The van der Waals surface area contributed by atoms with Crippen molar-refractivity contribution in [3.05, 3.63) is 322 Å². The Morgan fingerprint density at radius 1 is 0.250 bits per heavy atom. The molecule has 17 rings (SSSR count). The standard InChI is InChI=1S/C78H53B2N3Si/c1-5-28-54(29-6-1)58-36-13-20-43-67(58)82-72-48-25-18-41-63(72)80-65-52-66-77(53-75(65)83(74-50-27-49-73(82)78(74)80)68-44-21-14-37-59(68)55-30-7-2-8-31-55)84(56-32-9-3-10-33-56,57-34-11-4-12-35-57)76-51-26-19-42-64(76)79(66)62-40-17-24-47-71(62)81-69-45-22-15-38-60(69)61-39-16-23-46-70(61)81/h1-53H. The number of aromatic nitrogens is 1. The van der Waals surface area contributed by atoms with Crippen LogP contribution in [-0.4, -0.2) is 26.1 Å². The van der Waals surface area contributed by atoms with Gasteiger partial charge in [0.25, 0.3) is 6.71 Å². The fraction of sp³-hybridized carbons (Fsp3) is 0. The van der Waals surface area contributed by atoms with Crippen LogP contribution in [0.3, 0.4) is 0 Å². The molecule has 0 bridgehead atoms. The summed E-state index contributed by atoms with van der Waals surface area (Å²) in [5, 5.41) is 8.06. The minimum absolute atomic E-state index is 0.122. The molecule has 0 unspecified atom stereocenters. The molecule has 1 aromatic heterocycles. The summed E-state index contributed by atoms with van der Waals surface area (Å²) in [6, 6.07) is 121. The van der Waals surface area contributed by atoms with Gasteiger partial charge < -0.3 is 14.4 Å². The normalized spacial score (nSPS) is 13.5. The van der Waals surface area contributed by atoms with Gasteiger partial charge in [-0.15, -0.1) is 0 Å². The van der Waals surface area contributed by atoms with Gasteiger partial charge in [0.2, 0.25) is 6.71 Å². The number of para-hydroxylation sites is 6. The SMILES string of the molecule is c1ccc(-c2ccccc2N2c3ccccc3B3c4cc5c(cc4N(c4ccccc4-c4ccccc4)c4cccc2c43)[Si](c2ccccc2)(c2ccccc2)c2ccccc2B5c2ccccc2-n2c3ccccc3c3ccccc32)cc1. The molecule has 390 valence electrons. The van der Waals surface area contributed by atoms with E-state index in [0.29, 0.717) is 0 Å². The van der Waals surface area contributed by atoms with E-state index < -0.39 is 8.07 Å². The summed E-state index contributed by atoms with van der Waals surface area (Å²) in [4.78, 5) is 5.21. The molecule has 0 radical (unpaired) electrons. The Morgan fingerprint density at radius 3 is 1.24 bits per heavy atom. The molecule has 0 aliphatic carbocycles. The molecule has 3 nitrogen and oxygen atoms in total. The summed E-state index contributed by atoms with van der Waals surface area (Å²) in [5.74, 6) is 0. The topological polar surface area (TPSA) is 11.4 Å². The lowest BCUT2D eigenvalue weighted by molar-refractivity contribution is 1.19. The van der Waals surface area contributed by atoms with E-state index in [0.717, 1.165) is 11.4 Å². The lowest BCUT2D eigenvalue weighted by Crippen LogP contribution is -2.87. The maximum absolute atomic E-state index is 3.22. The molecule has 0 amide bonds. The second-order valence-electron chi connectivity index (χ2n) is 22.6. The van der Waals surface area contributed by atoms with Crippen LogP contribution in [0.5, 0.6) is 0 Å². The summed E-state index contributed by atoms with van der Waals surface area (Å²) in [7, 11) is -3.22. The van der Waals surface area contributed by atoms with Crippen molar-refractivity contribution < 1.29 is 0 Å². The molecule has 0 spiro atoms. The van der Waals surface area contributed by atoms with Gasteiger partial charge in [-0.3, -0.25) is 0 Å². The smallest absolute Gasteiger partial charge is 0.252 e. The third-order valence-electron chi connectivity index (χ3n) is 18.4. The van der Waals surface area contributed by atoms with E-state index in [2.05, 4.69) is 336 Å². The van der Waals surface area contributed by atoms with Crippen molar-refractivity contribution in [2.45, 2.75) is 0 Å². The minimum atomic E-state index is -3.22. The summed E-state index contributed by atoms with van der Waals surface area (Å²) < 4.78 is 2.54. The van der Waals surface area contributed by atoms with Crippen LogP contribution in [-0.2, 0) is 0 Å². The van der Waals surface area contributed by atoms with Gasteiger partial charge in [-0.25, -0.2) is 0 Å². The van der Waals surface area contributed by atoms with E-state index in [4.69, 9.17) is 0 Å². The summed E-state index contributed by atoms with van der Waals surface area (Å²) in [6.45, 7) is -0.275. The van der Waals surface area contributed by atoms with Crippen molar-refractivity contribution in [3.8, 4) is 27.9 Å². The number of anilines is 6. The van der Waals surface area contributed by atoms with Crippen molar-refractivity contribution in [2.75, 3.05) is 9.80 Å². The predicted molar refractivity (Wildman–Crippen MR) is 360 cm³/mol. The van der Waals surface area contributed by atoms with Gasteiger partial charge in [0.15, 0.2) is 8.07 Å². The largest absolute Gasteiger partial charge is 0.311 e. The molecule has 3 aliphatic rings. The van der Waals surface area contributed by atoms with Gasteiger partial charge in [-0.2, -0.15) is 0 Å². The van der Waals surface area contributed by atoms with Crippen LogP contribution < -0.4 is 63.3 Å². The van der Waals surface area contributed by atoms with Crippen molar-refractivity contribution in [1.29, 1.82) is 0 Å². The number of fused-ring (bicyclic) bond motifs is 9. The average molecular weight is 1080 g/mol. The molecule has 3 aliphatic heterocycles. The molecule has 0 saturated heterocycles. The number of hydrogen-bond acceptors (Lipinski definition) is 2. The number of rotatable bonds is 8. The van der Waals surface area contributed by atoms with E-state index >= 15 is 0 Å². The van der Waals surface area contributed by atoms with E-state index in [-0.39, 0.29) is 13.4 Å². The molecule has 0 atom stereocenters. The van der Waals surface area contributed by atoms with Crippen LogP contribution >= 0.6 is 0 Å². The van der Waals surface area contributed by atoms with Crippen molar-refractivity contribution >= 4 is 131 Å². The fourth-order valence-corrected chi connectivity index (χ4v) is 20.4. The lowest BCUT2D eigenvalue weighted by Gasteiger charge is -2.47.